The van der Waals surface area contributed by atoms with Crippen LogP contribution in [-0.4, -0.2) is 39.5 Å². The van der Waals surface area contributed by atoms with E-state index in [1.54, 1.807) is 18.0 Å². The van der Waals surface area contributed by atoms with Gasteiger partial charge < -0.3 is 9.84 Å². The summed E-state index contributed by atoms with van der Waals surface area (Å²) in [6.07, 6.45) is 0.700. The molecule has 0 atom stereocenters. The number of likely N-dealkylation sites (N-methyl/N-ethyl adjacent to an activating group) is 1. The molecule has 1 aromatic carbocycles. The number of nitrogens with one attached hydrogen (secondary N) is 1. The first-order valence-corrected chi connectivity index (χ1v) is 8.21. The molecule has 3 rings (SSSR count). The third-order valence-corrected chi connectivity index (χ3v) is 4.18. The van der Waals surface area contributed by atoms with E-state index in [9.17, 15) is 9.18 Å². The SMILES string of the molecule is CCc1noc(CN(C)CC(=O)Nc2nc3ccc(F)cc3s2)n1. The van der Waals surface area contributed by atoms with Crippen molar-refractivity contribution in [3.05, 3.63) is 35.7 Å². The molecule has 3 aromatic rings. The van der Waals surface area contributed by atoms with Gasteiger partial charge in [0.05, 0.1) is 23.3 Å². The molecule has 0 unspecified atom stereocenters. The Morgan fingerprint density at radius 3 is 3.00 bits per heavy atom. The zero-order valence-corrected chi connectivity index (χ0v) is 14.1. The Labute approximate surface area is 141 Å². The van der Waals surface area contributed by atoms with Crippen molar-refractivity contribution in [1.29, 1.82) is 0 Å². The molecule has 24 heavy (non-hydrogen) atoms. The normalized spacial score (nSPS) is 11.3. The predicted molar refractivity (Wildman–Crippen MR) is 88.2 cm³/mol. The van der Waals surface area contributed by atoms with Gasteiger partial charge in [0.2, 0.25) is 11.8 Å². The van der Waals surface area contributed by atoms with Gasteiger partial charge in [0.25, 0.3) is 0 Å². The molecule has 126 valence electrons. The molecule has 0 aliphatic heterocycles. The largest absolute Gasteiger partial charge is 0.338 e. The monoisotopic (exact) mass is 349 g/mol. The third-order valence-electron chi connectivity index (χ3n) is 3.24. The minimum absolute atomic E-state index is 0.147. The van der Waals surface area contributed by atoms with Crippen LogP contribution >= 0.6 is 11.3 Å². The number of nitrogens with zero attached hydrogens (tertiary/aromatic N) is 4. The standard InChI is InChI=1S/C15H16FN5O2S/c1-3-12-18-14(23-20-12)8-21(2)7-13(22)19-15-17-10-5-4-9(16)6-11(10)24-15/h4-6H,3,7-8H2,1-2H3,(H,17,19,22). The van der Waals surface area contributed by atoms with Crippen molar-refractivity contribution >= 4 is 32.6 Å². The average Bonchev–Trinajstić information content (AvgIpc) is 3.12. The zero-order chi connectivity index (χ0) is 17.1. The molecule has 0 aliphatic rings. The Hall–Kier alpha value is -2.39. The molecule has 0 fully saturated rings. The Bertz CT molecular complexity index is 863. The van der Waals surface area contributed by atoms with E-state index in [0.29, 0.717) is 40.0 Å². The molecule has 0 radical (unpaired) electrons. The van der Waals surface area contributed by atoms with E-state index in [1.165, 1.54) is 23.5 Å². The number of thiazole rings is 1. The predicted octanol–water partition coefficient (Wildman–Crippen LogP) is 2.45. The number of aromatic nitrogens is 3. The summed E-state index contributed by atoms with van der Waals surface area (Å²) in [5.41, 5.74) is 0.656. The number of hydrogen-bond acceptors (Lipinski definition) is 7. The second kappa shape index (κ2) is 7.02. The first-order chi connectivity index (χ1) is 11.5. The van der Waals surface area contributed by atoms with Crippen molar-refractivity contribution in [2.24, 2.45) is 0 Å². The maximum atomic E-state index is 13.2. The van der Waals surface area contributed by atoms with E-state index < -0.39 is 0 Å². The fourth-order valence-corrected chi connectivity index (χ4v) is 3.05. The lowest BCUT2D eigenvalue weighted by atomic mass is 10.3. The molecular weight excluding hydrogens is 333 g/mol. The number of carbonyl (C=O) groups is 1. The number of hydrogen-bond donors (Lipinski definition) is 1. The van der Waals surface area contributed by atoms with Crippen LogP contribution in [0.3, 0.4) is 0 Å². The van der Waals surface area contributed by atoms with Gasteiger partial charge in [-0.3, -0.25) is 9.69 Å². The van der Waals surface area contributed by atoms with Crippen LogP contribution in [0.1, 0.15) is 18.6 Å². The van der Waals surface area contributed by atoms with Gasteiger partial charge >= 0.3 is 0 Å². The summed E-state index contributed by atoms with van der Waals surface area (Å²) >= 11 is 1.23. The summed E-state index contributed by atoms with van der Waals surface area (Å²) in [6, 6.07) is 4.33. The zero-order valence-electron chi connectivity index (χ0n) is 13.2. The van der Waals surface area contributed by atoms with Gasteiger partial charge in [-0.2, -0.15) is 4.98 Å². The first kappa shape index (κ1) is 16.5. The summed E-state index contributed by atoms with van der Waals surface area (Å²) in [6.45, 7) is 2.47. The van der Waals surface area contributed by atoms with E-state index >= 15 is 0 Å². The van der Waals surface area contributed by atoms with Gasteiger partial charge in [-0.05, 0) is 25.2 Å². The van der Waals surface area contributed by atoms with E-state index in [4.69, 9.17) is 4.52 Å². The lowest BCUT2D eigenvalue weighted by Gasteiger charge is -2.12. The van der Waals surface area contributed by atoms with Crippen molar-refractivity contribution in [3.63, 3.8) is 0 Å². The van der Waals surface area contributed by atoms with Gasteiger partial charge in [-0.25, -0.2) is 9.37 Å². The second-order valence-corrected chi connectivity index (χ2v) is 6.34. The third kappa shape index (κ3) is 3.92. The fraction of sp³-hybridized carbons (Fsp3) is 0.333. The van der Waals surface area contributed by atoms with Gasteiger partial charge in [-0.1, -0.05) is 23.4 Å². The molecule has 0 aliphatic carbocycles. The molecular formula is C15H16FN5O2S. The molecule has 0 saturated heterocycles. The quantitative estimate of drug-likeness (QED) is 0.736. The smallest absolute Gasteiger partial charge is 0.240 e. The van der Waals surface area contributed by atoms with E-state index in [0.717, 1.165) is 0 Å². The van der Waals surface area contributed by atoms with Crippen LogP contribution in [0.15, 0.2) is 22.7 Å². The number of benzene rings is 1. The van der Waals surface area contributed by atoms with Crippen molar-refractivity contribution in [2.75, 3.05) is 18.9 Å². The highest BCUT2D eigenvalue weighted by Gasteiger charge is 2.13. The van der Waals surface area contributed by atoms with Crippen molar-refractivity contribution in [2.45, 2.75) is 19.9 Å². The van der Waals surface area contributed by atoms with Gasteiger partial charge in [-0.15, -0.1) is 0 Å². The number of carbonyl (C=O) groups excluding carboxylic acids is 1. The average molecular weight is 349 g/mol. The maximum absolute atomic E-state index is 13.2. The van der Waals surface area contributed by atoms with E-state index in [1.807, 2.05) is 6.92 Å². The van der Waals surface area contributed by atoms with Crippen molar-refractivity contribution < 1.29 is 13.7 Å². The number of fused-ring (bicyclic) bond motifs is 1. The molecule has 7 nitrogen and oxygen atoms in total. The summed E-state index contributed by atoms with van der Waals surface area (Å²) in [4.78, 5) is 22.3. The van der Waals surface area contributed by atoms with Crippen LogP contribution in [0.25, 0.3) is 10.2 Å². The van der Waals surface area contributed by atoms with E-state index in [2.05, 4.69) is 20.4 Å². The summed E-state index contributed by atoms with van der Waals surface area (Å²) < 4.78 is 19.0. The van der Waals surface area contributed by atoms with Crippen LogP contribution in [0, 0.1) is 5.82 Å². The summed E-state index contributed by atoms with van der Waals surface area (Å²) in [5, 5.41) is 6.98. The topological polar surface area (TPSA) is 84.2 Å². The Kier molecular flexibility index (Phi) is 4.81. The Morgan fingerprint density at radius 2 is 2.25 bits per heavy atom. The molecule has 0 bridgehead atoms. The van der Waals surface area contributed by atoms with Crippen molar-refractivity contribution in [1.82, 2.24) is 20.0 Å². The van der Waals surface area contributed by atoms with Gasteiger partial charge in [0, 0.05) is 6.42 Å². The molecule has 1 N–H and O–H groups in total. The summed E-state index contributed by atoms with van der Waals surface area (Å²) in [7, 11) is 1.78. The number of aryl methyl sites for hydroxylation is 1. The number of anilines is 1. The maximum Gasteiger partial charge on any atom is 0.240 e. The van der Waals surface area contributed by atoms with Crippen molar-refractivity contribution in [3.8, 4) is 0 Å². The second-order valence-electron chi connectivity index (χ2n) is 5.31. The highest BCUT2D eigenvalue weighted by atomic mass is 32.1. The lowest BCUT2D eigenvalue weighted by molar-refractivity contribution is -0.117. The van der Waals surface area contributed by atoms with Gasteiger partial charge in [0.15, 0.2) is 11.0 Å². The Balaban J connectivity index is 1.57. The van der Waals surface area contributed by atoms with Gasteiger partial charge in [0.1, 0.15) is 5.82 Å². The minimum Gasteiger partial charge on any atom is -0.338 e. The summed E-state index contributed by atoms with van der Waals surface area (Å²) in [5.74, 6) is 0.573. The molecule has 0 saturated carbocycles. The van der Waals surface area contributed by atoms with Crippen LogP contribution < -0.4 is 5.32 Å². The van der Waals surface area contributed by atoms with Crippen LogP contribution in [0.4, 0.5) is 9.52 Å². The first-order valence-electron chi connectivity index (χ1n) is 7.39. The van der Waals surface area contributed by atoms with E-state index in [-0.39, 0.29) is 18.3 Å². The number of rotatable bonds is 6. The number of halogens is 1. The molecule has 2 aromatic heterocycles. The highest BCUT2D eigenvalue weighted by Crippen LogP contribution is 2.26. The fourth-order valence-electron chi connectivity index (χ4n) is 2.14. The molecule has 1 amide bonds. The van der Waals surface area contributed by atoms with Crippen LogP contribution in [-0.2, 0) is 17.8 Å². The highest BCUT2D eigenvalue weighted by molar-refractivity contribution is 7.22. The van der Waals surface area contributed by atoms with Crippen LogP contribution in [0.2, 0.25) is 0 Å². The molecule has 2 heterocycles. The van der Waals surface area contributed by atoms with Crippen LogP contribution in [0.5, 0.6) is 0 Å². The minimum atomic E-state index is -0.324. The molecule has 0 spiro atoms. The lowest BCUT2D eigenvalue weighted by Crippen LogP contribution is -2.29. The Morgan fingerprint density at radius 1 is 1.42 bits per heavy atom. The molecule has 9 heteroatoms. The number of amides is 1.